The first kappa shape index (κ1) is 18.4. The zero-order chi connectivity index (χ0) is 20.1. The van der Waals surface area contributed by atoms with Crippen LogP contribution in [0.5, 0.6) is 0 Å². The molecule has 0 radical (unpaired) electrons. The van der Waals surface area contributed by atoms with Gasteiger partial charge in [-0.05, 0) is 42.5 Å². The van der Waals surface area contributed by atoms with Crippen LogP contribution in [0.2, 0.25) is 0 Å². The Bertz CT molecular complexity index is 955. The highest BCUT2D eigenvalue weighted by atomic mass is 16.2. The fraction of sp³-hybridized carbons (Fsp3) is 0.0909. The highest BCUT2D eigenvalue weighted by molar-refractivity contribution is 5.96. The maximum Gasteiger partial charge on any atom is 0.338 e. The van der Waals surface area contributed by atoms with Crippen LogP contribution < -0.4 is 26.0 Å². The van der Waals surface area contributed by atoms with E-state index in [1.807, 2.05) is 72.8 Å². The topological polar surface area (TPSA) is 76.7 Å². The zero-order valence-corrected chi connectivity index (χ0v) is 15.7. The molecular formula is C22H21N5O2. The minimum absolute atomic E-state index is 0.133. The number of urea groups is 2. The van der Waals surface area contributed by atoms with E-state index < -0.39 is 0 Å². The van der Waals surface area contributed by atoms with E-state index in [-0.39, 0.29) is 12.1 Å². The fourth-order valence-electron chi connectivity index (χ4n) is 3.16. The second-order valence-corrected chi connectivity index (χ2v) is 6.51. The monoisotopic (exact) mass is 387 g/mol. The summed E-state index contributed by atoms with van der Waals surface area (Å²) in [6.45, 7) is 1.21. The number of rotatable bonds is 5. The van der Waals surface area contributed by atoms with E-state index in [2.05, 4.69) is 16.1 Å². The molecule has 3 N–H and O–H groups in total. The van der Waals surface area contributed by atoms with Gasteiger partial charge in [-0.3, -0.25) is 9.91 Å². The van der Waals surface area contributed by atoms with Crippen molar-refractivity contribution in [2.75, 3.05) is 28.3 Å². The highest BCUT2D eigenvalue weighted by Gasteiger charge is 2.21. The summed E-state index contributed by atoms with van der Waals surface area (Å²) >= 11 is 0. The van der Waals surface area contributed by atoms with Crippen LogP contribution in [0.3, 0.4) is 0 Å². The number of amides is 4. The molecule has 1 aliphatic heterocycles. The zero-order valence-electron chi connectivity index (χ0n) is 15.7. The molecule has 146 valence electrons. The lowest BCUT2D eigenvalue weighted by Crippen LogP contribution is -2.41. The molecule has 4 amide bonds. The van der Waals surface area contributed by atoms with Gasteiger partial charge in [0.1, 0.15) is 0 Å². The molecule has 29 heavy (non-hydrogen) atoms. The van der Waals surface area contributed by atoms with Gasteiger partial charge in [0.15, 0.2) is 0 Å². The quantitative estimate of drug-likeness (QED) is 0.577. The summed E-state index contributed by atoms with van der Waals surface area (Å²) < 4.78 is 0. The van der Waals surface area contributed by atoms with E-state index >= 15 is 0 Å². The normalized spacial score (nSPS) is 13.0. The molecule has 7 nitrogen and oxygen atoms in total. The van der Waals surface area contributed by atoms with Crippen LogP contribution in [0.15, 0.2) is 84.9 Å². The van der Waals surface area contributed by atoms with Gasteiger partial charge in [-0.15, -0.1) is 0 Å². The maximum atomic E-state index is 12.7. The lowest BCUT2D eigenvalue weighted by atomic mass is 10.2. The Morgan fingerprint density at radius 1 is 0.897 bits per heavy atom. The van der Waals surface area contributed by atoms with Gasteiger partial charge < -0.3 is 10.6 Å². The molecule has 0 aliphatic carbocycles. The summed E-state index contributed by atoms with van der Waals surface area (Å²) in [5.41, 5.74) is 5.88. The summed E-state index contributed by atoms with van der Waals surface area (Å²) in [7, 11) is 0. The van der Waals surface area contributed by atoms with E-state index in [4.69, 9.17) is 0 Å². The molecule has 3 aromatic carbocycles. The number of benzene rings is 3. The number of nitrogens with zero attached hydrogens (tertiary/aromatic N) is 2. The maximum absolute atomic E-state index is 12.7. The molecule has 1 fully saturated rings. The third-order valence-electron chi connectivity index (χ3n) is 4.51. The van der Waals surface area contributed by atoms with Crippen LogP contribution in [0.1, 0.15) is 0 Å². The van der Waals surface area contributed by atoms with Crippen LogP contribution in [-0.2, 0) is 0 Å². The number of hydrazine groups is 1. The van der Waals surface area contributed by atoms with Crippen molar-refractivity contribution >= 4 is 34.8 Å². The third kappa shape index (κ3) is 4.30. The van der Waals surface area contributed by atoms with Crippen molar-refractivity contribution in [1.82, 2.24) is 10.7 Å². The molecular weight excluding hydrogens is 366 g/mol. The van der Waals surface area contributed by atoms with Crippen LogP contribution in [-0.4, -0.2) is 25.2 Å². The van der Waals surface area contributed by atoms with Crippen molar-refractivity contribution in [2.45, 2.75) is 0 Å². The number of anilines is 4. The highest BCUT2D eigenvalue weighted by Crippen LogP contribution is 2.24. The number of hydrogen-bond acceptors (Lipinski definition) is 3. The van der Waals surface area contributed by atoms with Crippen LogP contribution >= 0.6 is 0 Å². The second kappa shape index (κ2) is 8.35. The number of carbonyl (C=O) groups excluding carboxylic acids is 2. The van der Waals surface area contributed by atoms with Crippen molar-refractivity contribution < 1.29 is 9.59 Å². The smallest absolute Gasteiger partial charge is 0.336 e. The van der Waals surface area contributed by atoms with Gasteiger partial charge in [-0.2, -0.15) is 0 Å². The van der Waals surface area contributed by atoms with E-state index in [0.29, 0.717) is 18.8 Å². The van der Waals surface area contributed by atoms with Crippen molar-refractivity contribution in [2.24, 2.45) is 0 Å². The summed E-state index contributed by atoms with van der Waals surface area (Å²) in [6.07, 6.45) is 0. The molecule has 1 heterocycles. The molecule has 0 saturated carbocycles. The number of para-hydroxylation sites is 2. The Morgan fingerprint density at radius 2 is 1.55 bits per heavy atom. The van der Waals surface area contributed by atoms with Crippen LogP contribution in [0.4, 0.5) is 32.3 Å². The fourth-order valence-corrected chi connectivity index (χ4v) is 3.16. The summed E-state index contributed by atoms with van der Waals surface area (Å²) in [5, 5.41) is 7.33. The Balaban J connectivity index is 1.51. The Hall–Kier alpha value is -4.00. The first-order valence-electron chi connectivity index (χ1n) is 9.34. The SMILES string of the molecule is O=C(Nc1cccc(N2CCNC2=O)c1)NN(c1ccccc1)c1ccccc1. The van der Waals surface area contributed by atoms with E-state index in [0.717, 1.165) is 17.1 Å². The van der Waals surface area contributed by atoms with Crippen molar-refractivity contribution in [3.05, 3.63) is 84.9 Å². The molecule has 3 aromatic rings. The van der Waals surface area contributed by atoms with Gasteiger partial charge in [0.05, 0.1) is 11.4 Å². The Morgan fingerprint density at radius 3 is 2.14 bits per heavy atom. The predicted octanol–water partition coefficient (Wildman–Crippen LogP) is 4.09. The standard InChI is InChI=1S/C22H21N5O2/c28-21(24-17-8-7-13-20(16-17)26-15-14-23-22(26)29)25-27(18-9-3-1-4-10-18)19-11-5-2-6-12-19/h1-13,16H,14-15H2,(H,23,29)(H2,24,25,28). The van der Waals surface area contributed by atoms with Gasteiger partial charge >= 0.3 is 12.1 Å². The van der Waals surface area contributed by atoms with Crippen LogP contribution in [0, 0.1) is 0 Å². The minimum Gasteiger partial charge on any atom is -0.336 e. The molecule has 1 saturated heterocycles. The number of hydrogen-bond donors (Lipinski definition) is 3. The molecule has 0 bridgehead atoms. The largest absolute Gasteiger partial charge is 0.338 e. The van der Waals surface area contributed by atoms with Gasteiger partial charge in [0.2, 0.25) is 0 Å². The van der Waals surface area contributed by atoms with E-state index in [1.54, 1.807) is 22.0 Å². The number of carbonyl (C=O) groups is 2. The molecule has 0 aromatic heterocycles. The molecule has 0 spiro atoms. The van der Waals surface area contributed by atoms with Gasteiger partial charge in [0.25, 0.3) is 0 Å². The second-order valence-electron chi connectivity index (χ2n) is 6.51. The van der Waals surface area contributed by atoms with E-state index in [1.165, 1.54) is 0 Å². The predicted molar refractivity (Wildman–Crippen MR) is 114 cm³/mol. The van der Waals surface area contributed by atoms with Crippen molar-refractivity contribution in [3.8, 4) is 0 Å². The summed E-state index contributed by atoms with van der Waals surface area (Å²) in [6, 6.07) is 25.9. The lowest BCUT2D eigenvalue weighted by Gasteiger charge is -2.25. The summed E-state index contributed by atoms with van der Waals surface area (Å²) in [4.78, 5) is 26.2. The van der Waals surface area contributed by atoms with Crippen molar-refractivity contribution in [3.63, 3.8) is 0 Å². The first-order valence-corrected chi connectivity index (χ1v) is 9.34. The first-order chi connectivity index (χ1) is 14.2. The van der Waals surface area contributed by atoms with Gasteiger partial charge in [-0.25, -0.2) is 15.0 Å². The van der Waals surface area contributed by atoms with Crippen molar-refractivity contribution in [1.29, 1.82) is 0 Å². The molecule has 4 rings (SSSR count). The van der Waals surface area contributed by atoms with E-state index in [9.17, 15) is 9.59 Å². The average molecular weight is 387 g/mol. The van der Waals surface area contributed by atoms with Gasteiger partial charge in [-0.1, -0.05) is 42.5 Å². The third-order valence-corrected chi connectivity index (χ3v) is 4.51. The van der Waals surface area contributed by atoms with Crippen LogP contribution in [0.25, 0.3) is 0 Å². The van der Waals surface area contributed by atoms with Gasteiger partial charge in [0, 0.05) is 24.5 Å². The molecule has 0 unspecified atom stereocenters. The lowest BCUT2D eigenvalue weighted by molar-refractivity contribution is 0.251. The Labute approximate surface area is 168 Å². The molecule has 1 aliphatic rings. The number of nitrogens with one attached hydrogen (secondary N) is 3. The Kier molecular flexibility index (Phi) is 5.29. The summed E-state index contributed by atoms with van der Waals surface area (Å²) in [5.74, 6) is 0. The molecule has 7 heteroatoms. The average Bonchev–Trinajstić information content (AvgIpc) is 3.19. The minimum atomic E-state index is -0.388. The molecule has 0 atom stereocenters.